The van der Waals surface area contributed by atoms with Crippen LogP contribution in [0.1, 0.15) is 62.0 Å². The standard InChI is InChI=1S/C37H44NO7P/c1-4-23-38(24-5-2)26-37(44-30(3)39)34-21-22-35(36(25-34)41-27-31-15-9-6-10-16-31)45-46(40,42-28-32-17-11-7-12-18-32)43-29-33-19-13-8-14-20-33/h6-22,25,37H,4-5,23-24,26-29H2,1-3H3. The number of benzene rings is 4. The summed E-state index contributed by atoms with van der Waals surface area (Å²) < 4.78 is 44.2. The minimum Gasteiger partial charge on any atom is -0.485 e. The molecule has 0 aromatic heterocycles. The molecule has 0 heterocycles. The molecule has 9 heteroatoms. The molecule has 0 radical (unpaired) electrons. The molecule has 0 aliphatic heterocycles. The van der Waals surface area contributed by atoms with E-state index in [2.05, 4.69) is 18.7 Å². The van der Waals surface area contributed by atoms with Gasteiger partial charge in [-0.3, -0.25) is 18.7 Å². The number of hydrogen-bond acceptors (Lipinski definition) is 8. The van der Waals surface area contributed by atoms with Crippen molar-refractivity contribution < 1.29 is 32.4 Å². The Hall–Kier alpha value is -3.94. The van der Waals surface area contributed by atoms with Gasteiger partial charge in [-0.1, -0.05) is 111 Å². The van der Waals surface area contributed by atoms with E-state index in [0.29, 0.717) is 12.3 Å². The molecule has 4 rings (SSSR count). The first-order chi connectivity index (χ1) is 22.4. The highest BCUT2D eigenvalue weighted by Gasteiger charge is 2.31. The van der Waals surface area contributed by atoms with Crippen LogP contribution in [-0.2, 0) is 43.0 Å². The average Bonchev–Trinajstić information content (AvgIpc) is 3.07. The quantitative estimate of drug-likeness (QED) is 0.0739. The number of hydrogen-bond donors (Lipinski definition) is 0. The molecule has 0 saturated heterocycles. The maximum atomic E-state index is 14.2. The van der Waals surface area contributed by atoms with Gasteiger partial charge in [-0.15, -0.1) is 0 Å². The number of phosphoric acid groups is 1. The molecule has 4 aromatic rings. The zero-order valence-electron chi connectivity index (χ0n) is 26.9. The van der Waals surface area contributed by atoms with Gasteiger partial charge in [-0.05, 0) is 60.3 Å². The molecular formula is C37H44NO7P. The topological polar surface area (TPSA) is 83.5 Å². The molecule has 0 aliphatic rings. The van der Waals surface area contributed by atoms with Crippen LogP contribution in [0.25, 0.3) is 0 Å². The molecule has 1 atom stereocenters. The third-order valence-electron chi connectivity index (χ3n) is 7.06. The number of carbonyl (C=O) groups excluding carboxylic acids is 1. The van der Waals surface area contributed by atoms with Crippen molar-refractivity contribution in [3.05, 3.63) is 131 Å². The minimum atomic E-state index is -4.17. The van der Waals surface area contributed by atoms with E-state index >= 15 is 0 Å². The summed E-state index contributed by atoms with van der Waals surface area (Å²) in [4.78, 5) is 14.5. The molecule has 0 bridgehead atoms. The second kappa shape index (κ2) is 18.3. The third-order valence-corrected chi connectivity index (χ3v) is 8.37. The predicted octanol–water partition coefficient (Wildman–Crippen LogP) is 8.91. The van der Waals surface area contributed by atoms with Crippen molar-refractivity contribution in [2.24, 2.45) is 0 Å². The average molecular weight is 646 g/mol. The number of phosphoric ester groups is 1. The SMILES string of the molecule is CCCN(CCC)CC(OC(C)=O)c1ccc(OP(=O)(OCc2ccccc2)OCc2ccccc2)c(OCc2ccccc2)c1. The largest absolute Gasteiger partial charge is 0.530 e. The highest BCUT2D eigenvalue weighted by molar-refractivity contribution is 7.48. The van der Waals surface area contributed by atoms with Crippen LogP contribution in [0.4, 0.5) is 0 Å². The maximum absolute atomic E-state index is 14.2. The Morgan fingerprint density at radius 2 is 1.20 bits per heavy atom. The van der Waals surface area contributed by atoms with E-state index in [1.54, 1.807) is 18.2 Å². The predicted molar refractivity (Wildman–Crippen MR) is 179 cm³/mol. The normalized spacial score (nSPS) is 12.1. The van der Waals surface area contributed by atoms with Crippen LogP contribution in [0.2, 0.25) is 0 Å². The highest BCUT2D eigenvalue weighted by atomic mass is 31.2. The van der Waals surface area contributed by atoms with Crippen molar-refractivity contribution in [1.29, 1.82) is 0 Å². The lowest BCUT2D eigenvalue weighted by molar-refractivity contribution is -0.147. The number of carbonyl (C=O) groups is 1. The van der Waals surface area contributed by atoms with Gasteiger partial charge in [-0.2, -0.15) is 0 Å². The van der Waals surface area contributed by atoms with Crippen LogP contribution < -0.4 is 9.26 Å². The van der Waals surface area contributed by atoms with Crippen molar-refractivity contribution in [1.82, 2.24) is 4.90 Å². The van der Waals surface area contributed by atoms with Gasteiger partial charge in [0.05, 0.1) is 13.2 Å². The van der Waals surface area contributed by atoms with Crippen LogP contribution in [0.15, 0.2) is 109 Å². The highest BCUT2D eigenvalue weighted by Crippen LogP contribution is 2.53. The molecule has 0 N–H and O–H groups in total. The van der Waals surface area contributed by atoms with Crippen LogP contribution in [0.3, 0.4) is 0 Å². The Labute approximate surface area is 272 Å². The number of nitrogens with zero attached hydrogens (tertiary/aromatic N) is 1. The molecule has 0 saturated carbocycles. The maximum Gasteiger partial charge on any atom is 0.530 e. The Morgan fingerprint density at radius 1 is 0.696 bits per heavy atom. The lowest BCUT2D eigenvalue weighted by Gasteiger charge is -2.27. The van der Waals surface area contributed by atoms with Crippen molar-refractivity contribution in [2.45, 2.75) is 59.5 Å². The van der Waals surface area contributed by atoms with Gasteiger partial charge in [0.25, 0.3) is 0 Å². The molecule has 4 aromatic carbocycles. The molecule has 0 amide bonds. The summed E-state index contributed by atoms with van der Waals surface area (Å²) in [5.74, 6) is 0.130. The second-order valence-electron chi connectivity index (χ2n) is 10.9. The first-order valence-corrected chi connectivity index (χ1v) is 17.2. The minimum absolute atomic E-state index is 0.0183. The van der Waals surface area contributed by atoms with Crippen LogP contribution in [0, 0.1) is 0 Å². The Morgan fingerprint density at radius 3 is 1.67 bits per heavy atom. The molecule has 1 unspecified atom stereocenters. The molecule has 244 valence electrons. The lowest BCUT2D eigenvalue weighted by Crippen LogP contribution is -2.32. The Bertz CT molecular complexity index is 1470. The number of rotatable bonds is 19. The van der Waals surface area contributed by atoms with Crippen molar-refractivity contribution in [2.75, 3.05) is 19.6 Å². The monoisotopic (exact) mass is 645 g/mol. The molecule has 0 spiro atoms. The first-order valence-electron chi connectivity index (χ1n) is 15.7. The van der Waals surface area contributed by atoms with Gasteiger partial charge in [0.2, 0.25) is 0 Å². The summed E-state index contributed by atoms with van der Waals surface area (Å²) in [5, 5.41) is 0. The Kier molecular flexibility index (Phi) is 13.9. The van der Waals surface area contributed by atoms with E-state index in [-0.39, 0.29) is 31.5 Å². The molecule has 0 aliphatic carbocycles. The van der Waals surface area contributed by atoms with Crippen molar-refractivity contribution in [3.8, 4) is 11.5 Å². The number of esters is 1. The van der Waals surface area contributed by atoms with Gasteiger partial charge in [0.15, 0.2) is 11.5 Å². The summed E-state index contributed by atoms with van der Waals surface area (Å²) in [6.45, 7) is 8.22. The summed E-state index contributed by atoms with van der Waals surface area (Å²) in [6.07, 6.45) is 1.41. The summed E-state index contributed by atoms with van der Waals surface area (Å²) in [7, 11) is -4.17. The molecule has 8 nitrogen and oxygen atoms in total. The van der Waals surface area contributed by atoms with E-state index in [0.717, 1.165) is 48.2 Å². The van der Waals surface area contributed by atoms with E-state index in [1.165, 1.54) is 6.92 Å². The fraction of sp³-hybridized carbons (Fsp3) is 0.324. The van der Waals surface area contributed by atoms with E-state index in [1.807, 2.05) is 91.0 Å². The number of ether oxygens (including phenoxy) is 2. The van der Waals surface area contributed by atoms with E-state index < -0.39 is 13.9 Å². The van der Waals surface area contributed by atoms with Crippen LogP contribution >= 0.6 is 7.82 Å². The fourth-order valence-electron chi connectivity index (χ4n) is 4.89. The van der Waals surface area contributed by atoms with Crippen molar-refractivity contribution in [3.63, 3.8) is 0 Å². The second-order valence-corrected chi connectivity index (χ2v) is 12.5. The van der Waals surface area contributed by atoms with Gasteiger partial charge >= 0.3 is 13.8 Å². The van der Waals surface area contributed by atoms with Gasteiger partial charge in [0.1, 0.15) is 12.7 Å². The van der Waals surface area contributed by atoms with Crippen molar-refractivity contribution >= 4 is 13.8 Å². The van der Waals surface area contributed by atoms with E-state index in [4.69, 9.17) is 23.0 Å². The molecule has 0 fully saturated rings. The van der Waals surface area contributed by atoms with Gasteiger partial charge < -0.3 is 14.0 Å². The lowest BCUT2D eigenvalue weighted by atomic mass is 10.1. The molecular weight excluding hydrogens is 601 g/mol. The van der Waals surface area contributed by atoms with Crippen LogP contribution in [-0.4, -0.2) is 30.5 Å². The first kappa shape index (κ1) is 34.9. The smallest absolute Gasteiger partial charge is 0.485 e. The van der Waals surface area contributed by atoms with Gasteiger partial charge in [0, 0.05) is 13.5 Å². The van der Waals surface area contributed by atoms with Crippen LogP contribution in [0.5, 0.6) is 11.5 Å². The Balaban J connectivity index is 1.66. The summed E-state index contributed by atoms with van der Waals surface area (Å²) >= 11 is 0. The summed E-state index contributed by atoms with van der Waals surface area (Å²) in [6, 6.07) is 33.8. The van der Waals surface area contributed by atoms with E-state index in [9.17, 15) is 9.36 Å². The zero-order valence-corrected chi connectivity index (χ0v) is 27.8. The third kappa shape index (κ3) is 11.5. The van der Waals surface area contributed by atoms with Gasteiger partial charge in [-0.25, -0.2) is 4.57 Å². The summed E-state index contributed by atoms with van der Waals surface area (Å²) in [5.41, 5.74) is 3.31. The fourth-order valence-corrected chi connectivity index (χ4v) is 6.07. The zero-order chi connectivity index (χ0) is 32.6. The molecule has 46 heavy (non-hydrogen) atoms.